The molecule has 1 spiro atoms. The molecule has 43 heavy (non-hydrogen) atoms. The van der Waals surface area contributed by atoms with Crippen molar-refractivity contribution < 1.29 is 17.7 Å². The number of unbranched alkanes of at least 4 members (excludes halogenated alkanes) is 1. The summed E-state index contributed by atoms with van der Waals surface area (Å²) in [6.45, 7) is 10.4. The highest BCUT2D eigenvalue weighted by Crippen LogP contribution is 2.45. The minimum Gasteiger partial charge on any atom is -0.337 e. The maximum atomic E-state index is 14.3. The number of carbonyl (C=O) groups excluding carboxylic acids is 1. The van der Waals surface area contributed by atoms with Gasteiger partial charge in [0.1, 0.15) is 16.1 Å². The summed E-state index contributed by atoms with van der Waals surface area (Å²) < 4.78 is 35.4. The van der Waals surface area contributed by atoms with Crippen LogP contribution in [0.15, 0.2) is 58.1 Å². The SMILES string of the molecule is CCCCC1=NC2(CCCC2)C(=O)N1Cc1ccc(C2C=CC=CC2(CCC(C)C)S(=O)(=O)Nc2onc(C)c2C)cc1. The van der Waals surface area contributed by atoms with Crippen molar-refractivity contribution in [2.45, 2.75) is 115 Å². The number of aliphatic imine (C=N–C) groups is 1. The average molecular weight is 607 g/mol. The van der Waals surface area contributed by atoms with Gasteiger partial charge in [0.15, 0.2) is 0 Å². The number of aryl methyl sites for hydroxylation is 1. The Morgan fingerprint density at radius 2 is 1.84 bits per heavy atom. The minimum absolute atomic E-state index is 0.142. The number of amides is 1. The smallest absolute Gasteiger partial charge is 0.256 e. The number of hydrogen-bond acceptors (Lipinski definition) is 6. The van der Waals surface area contributed by atoms with Crippen LogP contribution in [0.1, 0.15) is 107 Å². The van der Waals surface area contributed by atoms with E-state index in [4.69, 9.17) is 9.52 Å². The number of benzene rings is 1. The van der Waals surface area contributed by atoms with Crippen LogP contribution in [-0.2, 0) is 21.4 Å². The molecule has 1 amide bonds. The molecule has 2 aromatic rings. The van der Waals surface area contributed by atoms with Crippen LogP contribution in [0.2, 0.25) is 0 Å². The second kappa shape index (κ2) is 12.4. The van der Waals surface area contributed by atoms with Crippen LogP contribution in [-0.4, -0.2) is 40.5 Å². The third-order valence-corrected chi connectivity index (χ3v) is 11.5. The zero-order chi connectivity index (χ0) is 30.8. The predicted molar refractivity (Wildman–Crippen MR) is 171 cm³/mol. The average Bonchev–Trinajstić information content (AvgIpc) is 3.66. The molecule has 1 aromatic carbocycles. The fraction of sp³-hybridized carbons (Fsp3) is 0.559. The Hall–Kier alpha value is -3.20. The number of sulfonamides is 1. The third-order valence-electron chi connectivity index (χ3n) is 9.48. The number of nitrogens with one attached hydrogen (secondary N) is 1. The lowest BCUT2D eigenvalue weighted by Gasteiger charge is -2.38. The number of anilines is 1. The number of allylic oxidation sites excluding steroid dienone is 3. The van der Waals surface area contributed by atoms with E-state index in [9.17, 15) is 13.2 Å². The van der Waals surface area contributed by atoms with E-state index in [0.29, 0.717) is 30.1 Å². The Balaban J connectivity index is 1.43. The molecule has 1 saturated carbocycles. The molecule has 0 saturated heterocycles. The first kappa shape index (κ1) is 31.2. The first-order chi connectivity index (χ1) is 20.5. The molecule has 1 aromatic heterocycles. The monoisotopic (exact) mass is 606 g/mol. The van der Waals surface area contributed by atoms with E-state index in [1.54, 1.807) is 13.8 Å². The molecular formula is C34H46N4O4S. The van der Waals surface area contributed by atoms with E-state index in [-0.39, 0.29) is 11.8 Å². The Labute approximate surface area is 256 Å². The van der Waals surface area contributed by atoms with E-state index in [2.05, 4.69) is 30.6 Å². The highest BCUT2D eigenvalue weighted by Gasteiger charge is 2.50. The van der Waals surface area contributed by atoms with Gasteiger partial charge in [-0.1, -0.05) is 93.8 Å². The number of nitrogens with zero attached hydrogens (tertiary/aromatic N) is 3. The molecule has 0 radical (unpaired) electrons. The molecule has 9 heteroatoms. The lowest BCUT2D eigenvalue weighted by Crippen LogP contribution is -2.46. The minimum atomic E-state index is -3.96. The summed E-state index contributed by atoms with van der Waals surface area (Å²) in [7, 11) is -3.96. The van der Waals surface area contributed by atoms with Crippen LogP contribution in [0.25, 0.3) is 0 Å². The van der Waals surface area contributed by atoms with Crippen molar-refractivity contribution >= 4 is 27.7 Å². The van der Waals surface area contributed by atoms with Gasteiger partial charge in [-0.25, -0.2) is 13.1 Å². The molecule has 2 unspecified atom stereocenters. The van der Waals surface area contributed by atoms with Crippen molar-refractivity contribution in [3.63, 3.8) is 0 Å². The summed E-state index contributed by atoms with van der Waals surface area (Å²) in [5.41, 5.74) is 2.69. The summed E-state index contributed by atoms with van der Waals surface area (Å²) in [5, 5.41) is 3.95. The van der Waals surface area contributed by atoms with Crippen LogP contribution in [0.4, 0.5) is 5.88 Å². The quantitative estimate of drug-likeness (QED) is 0.272. The van der Waals surface area contributed by atoms with Gasteiger partial charge in [-0.15, -0.1) is 0 Å². The van der Waals surface area contributed by atoms with E-state index >= 15 is 0 Å². The molecule has 232 valence electrons. The fourth-order valence-corrected chi connectivity index (χ4v) is 8.45. The van der Waals surface area contributed by atoms with Gasteiger partial charge in [-0.05, 0) is 63.0 Å². The Morgan fingerprint density at radius 1 is 1.12 bits per heavy atom. The van der Waals surface area contributed by atoms with Crippen molar-refractivity contribution in [1.29, 1.82) is 0 Å². The van der Waals surface area contributed by atoms with E-state index in [1.165, 1.54) is 0 Å². The number of carbonyl (C=O) groups is 1. The van der Waals surface area contributed by atoms with Crippen LogP contribution in [0.5, 0.6) is 0 Å². The summed E-state index contributed by atoms with van der Waals surface area (Å²) in [5.74, 6) is 1.14. The van der Waals surface area contributed by atoms with Gasteiger partial charge in [-0.3, -0.25) is 14.7 Å². The molecule has 0 bridgehead atoms. The highest BCUT2D eigenvalue weighted by atomic mass is 32.2. The van der Waals surface area contributed by atoms with Crippen molar-refractivity contribution in [2.75, 3.05) is 4.72 Å². The van der Waals surface area contributed by atoms with Gasteiger partial charge >= 0.3 is 0 Å². The normalized spacial score (nSPS) is 23.1. The standard InChI is InChI=1S/C34H46N4O4S/c1-6-7-13-30-35-33(19-10-11-20-33)32(39)38(30)23-27-14-16-28(17-15-27)29-12-8-9-21-34(29,22-18-24(2)3)43(40,41)37-31-25(4)26(5)36-42-31/h8-9,12,14-17,21,24,29,37H,6-7,10-11,13,18-20,22-23H2,1-5H3. The van der Waals surface area contributed by atoms with Gasteiger partial charge in [0.2, 0.25) is 15.9 Å². The molecule has 5 rings (SSSR count). The van der Waals surface area contributed by atoms with Crippen molar-refractivity contribution in [2.24, 2.45) is 10.9 Å². The van der Waals surface area contributed by atoms with E-state index < -0.39 is 26.2 Å². The van der Waals surface area contributed by atoms with E-state index in [1.807, 2.05) is 53.5 Å². The molecule has 2 heterocycles. The Kier molecular flexibility index (Phi) is 9.02. The third kappa shape index (κ3) is 5.97. The lowest BCUT2D eigenvalue weighted by atomic mass is 9.78. The topological polar surface area (TPSA) is 105 Å². The lowest BCUT2D eigenvalue weighted by molar-refractivity contribution is -0.131. The van der Waals surface area contributed by atoms with E-state index in [0.717, 1.165) is 68.3 Å². The molecule has 1 fully saturated rings. The molecule has 1 N–H and O–H groups in total. The fourth-order valence-electron chi connectivity index (χ4n) is 6.64. The van der Waals surface area contributed by atoms with Crippen molar-refractivity contribution in [3.8, 4) is 0 Å². The Bertz CT molecular complexity index is 1510. The number of amidine groups is 1. The maximum Gasteiger partial charge on any atom is 0.256 e. The largest absolute Gasteiger partial charge is 0.337 e. The molecule has 2 atom stereocenters. The van der Waals surface area contributed by atoms with Gasteiger partial charge in [0.05, 0.1) is 12.2 Å². The zero-order valence-corrected chi connectivity index (χ0v) is 27.0. The molecule has 3 aliphatic rings. The maximum absolute atomic E-state index is 14.3. The number of hydrogen-bond donors (Lipinski definition) is 1. The van der Waals surface area contributed by atoms with Gasteiger partial charge in [0.25, 0.3) is 5.91 Å². The molecule has 2 aliphatic carbocycles. The molecular weight excluding hydrogens is 560 g/mol. The first-order valence-electron chi connectivity index (χ1n) is 15.8. The number of aromatic nitrogens is 1. The van der Waals surface area contributed by atoms with Crippen LogP contribution in [0, 0.1) is 19.8 Å². The van der Waals surface area contributed by atoms with Gasteiger partial charge in [-0.2, -0.15) is 0 Å². The zero-order valence-electron chi connectivity index (χ0n) is 26.2. The van der Waals surface area contributed by atoms with Gasteiger partial charge < -0.3 is 4.52 Å². The van der Waals surface area contributed by atoms with Crippen LogP contribution < -0.4 is 4.72 Å². The number of rotatable bonds is 12. The van der Waals surface area contributed by atoms with Crippen LogP contribution in [0.3, 0.4) is 0 Å². The second-order valence-corrected chi connectivity index (χ2v) is 14.9. The van der Waals surface area contributed by atoms with Crippen molar-refractivity contribution in [1.82, 2.24) is 10.1 Å². The second-order valence-electron chi connectivity index (χ2n) is 12.9. The summed E-state index contributed by atoms with van der Waals surface area (Å²) in [6.07, 6.45) is 15.4. The Morgan fingerprint density at radius 3 is 2.47 bits per heavy atom. The summed E-state index contributed by atoms with van der Waals surface area (Å²) >= 11 is 0. The highest BCUT2D eigenvalue weighted by molar-refractivity contribution is 7.94. The van der Waals surface area contributed by atoms with Crippen molar-refractivity contribution in [3.05, 3.63) is 71.0 Å². The molecule has 8 nitrogen and oxygen atoms in total. The van der Waals surface area contributed by atoms with Crippen LogP contribution >= 0.6 is 0 Å². The predicted octanol–water partition coefficient (Wildman–Crippen LogP) is 7.36. The molecule has 1 aliphatic heterocycles. The summed E-state index contributed by atoms with van der Waals surface area (Å²) in [6, 6.07) is 8.09. The first-order valence-corrected chi connectivity index (χ1v) is 17.3. The summed E-state index contributed by atoms with van der Waals surface area (Å²) in [4.78, 5) is 20.6. The van der Waals surface area contributed by atoms with Gasteiger partial charge in [0, 0.05) is 17.9 Å².